The Morgan fingerprint density at radius 3 is 2.03 bits per heavy atom. The van der Waals surface area contributed by atoms with Crippen molar-refractivity contribution >= 4 is 0 Å². The molecule has 0 N–H and O–H groups in total. The number of halogens is 7. The SMILES string of the molecule is Fc1ccc(C2(C(F)(F)c3ccc(-c4ccc(OC(F)(F)F)cc4)cn3)CO2)c(F)c1. The number of aromatic nitrogens is 1. The molecule has 1 aromatic heterocycles. The van der Waals surface area contributed by atoms with Crippen LogP contribution in [0, 0.1) is 11.6 Å². The highest BCUT2D eigenvalue weighted by Crippen LogP contribution is 2.56. The lowest BCUT2D eigenvalue weighted by atomic mass is 9.90. The Morgan fingerprint density at radius 2 is 1.52 bits per heavy atom. The summed E-state index contributed by atoms with van der Waals surface area (Å²) in [6.45, 7) is -0.480. The van der Waals surface area contributed by atoms with Gasteiger partial charge in [0.15, 0.2) is 5.60 Å². The van der Waals surface area contributed by atoms with Crippen LogP contribution in [0.5, 0.6) is 5.75 Å². The van der Waals surface area contributed by atoms with Crippen LogP contribution in [0.2, 0.25) is 0 Å². The van der Waals surface area contributed by atoms with E-state index >= 15 is 8.78 Å². The number of ether oxygens (including phenoxy) is 2. The van der Waals surface area contributed by atoms with E-state index in [1.54, 1.807) is 0 Å². The minimum Gasteiger partial charge on any atom is -0.406 e. The van der Waals surface area contributed by atoms with Crippen molar-refractivity contribution in [3.8, 4) is 16.9 Å². The van der Waals surface area contributed by atoms with E-state index in [-0.39, 0.29) is 0 Å². The van der Waals surface area contributed by atoms with E-state index in [1.807, 2.05) is 0 Å². The van der Waals surface area contributed by atoms with Crippen molar-refractivity contribution in [3.05, 3.63) is 83.7 Å². The van der Waals surface area contributed by atoms with Gasteiger partial charge in [-0.05, 0) is 35.9 Å². The third kappa shape index (κ3) is 3.95. The van der Waals surface area contributed by atoms with Crippen LogP contribution in [0.4, 0.5) is 30.7 Å². The fourth-order valence-corrected chi connectivity index (χ4v) is 3.20. The molecule has 31 heavy (non-hydrogen) atoms. The van der Waals surface area contributed by atoms with Gasteiger partial charge in [-0.25, -0.2) is 8.78 Å². The first-order valence-corrected chi connectivity index (χ1v) is 8.82. The van der Waals surface area contributed by atoms with Gasteiger partial charge in [-0.15, -0.1) is 13.2 Å². The van der Waals surface area contributed by atoms with Crippen molar-refractivity contribution in [1.29, 1.82) is 0 Å². The molecule has 1 unspecified atom stereocenters. The topological polar surface area (TPSA) is 34.6 Å². The van der Waals surface area contributed by atoms with Crippen molar-refractivity contribution in [2.45, 2.75) is 17.9 Å². The van der Waals surface area contributed by atoms with Crippen LogP contribution in [0.1, 0.15) is 11.3 Å². The molecule has 0 bridgehead atoms. The highest BCUT2D eigenvalue weighted by Gasteiger charge is 2.68. The van der Waals surface area contributed by atoms with Gasteiger partial charge in [0.25, 0.3) is 0 Å². The molecule has 0 amide bonds. The van der Waals surface area contributed by atoms with Gasteiger partial charge < -0.3 is 9.47 Å². The van der Waals surface area contributed by atoms with Gasteiger partial charge in [0.05, 0.1) is 6.61 Å². The molecule has 1 atom stereocenters. The molecule has 0 saturated carbocycles. The maximum atomic E-state index is 15.1. The molecule has 4 rings (SSSR count). The predicted octanol–water partition coefficient (Wildman–Crippen LogP) is 5.94. The van der Waals surface area contributed by atoms with Gasteiger partial charge in [0.1, 0.15) is 23.1 Å². The second-order valence-electron chi connectivity index (χ2n) is 6.82. The normalized spacial score (nSPS) is 18.7. The third-order valence-corrected chi connectivity index (χ3v) is 4.81. The molecule has 162 valence electrons. The second-order valence-corrected chi connectivity index (χ2v) is 6.82. The molecule has 2 heterocycles. The number of rotatable bonds is 5. The lowest BCUT2D eigenvalue weighted by molar-refractivity contribution is -0.274. The molecule has 1 fully saturated rings. The van der Waals surface area contributed by atoms with Crippen molar-refractivity contribution in [2.75, 3.05) is 6.61 Å². The van der Waals surface area contributed by atoms with Gasteiger partial charge in [-0.1, -0.05) is 18.2 Å². The quantitative estimate of drug-likeness (QED) is 0.362. The lowest BCUT2D eigenvalue weighted by Gasteiger charge is -2.24. The summed E-state index contributed by atoms with van der Waals surface area (Å²) in [5.74, 6) is -6.22. The molecule has 0 spiro atoms. The van der Waals surface area contributed by atoms with Crippen LogP contribution in [0.25, 0.3) is 11.1 Å². The van der Waals surface area contributed by atoms with Crippen LogP contribution in [0.3, 0.4) is 0 Å². The smallest absolute Gasteiger partial charge is 0.406 e. The summed E-state index contributed by atoms with van der Waals surface area (Å²) in [6.07, 6.45) is -3.72. The van der Waals surface area contributed by atoms with Gasteiger partial charge in [-0.3, -0.25) is 4.98 Å². The summed E-state index contributed by atoms with van der Waals surface area (Å²) >= 11 is 0. The summed E-state index contributed by atoms with van der Waals surface area (Å²) in [5.41, 5.74) is -2.70. The van der Waals surface area contributed by atoms with Gasteiger partial charge in [-0.2, -0.15) is 8.78 Å². The molecule has 10 heteroatoms. The summed E-state index contributed by atoms with van der Waals surface area (Å²) in [7, 11) is 0. The average Bonchev–Trinajstić information content (AvgIpc) is 3.50. The first-order valence-electron chi connectivity index (χ1n) is 8.82. The number of epoxide rings is 1. The Labute approximate surface area is 171 Å². The van der Waals surface area contributed by atoms with Gasteiger partial charge in [0, 0.05) is 23.4 Å². The van der Waals surface area contributed by atoms with E-state index in [1.165, 1.54) is 18.2 Å². The fraction of sp³-hybridized carbons (Fsp3) is 0.190. The molecule has 1 aliphatic rings. The number of alkyl halides is 5. The summed E-state index contributed by atoms with van der Waals surface area (Å²) in [5, 5.41) is 0. The van der Waals surface area contributed by atoms with E-state index in [4.69, 9.17) is 4.74 Å². The molecule has 3 aromatic rings. The average molecular weight is 443 g/mol. The Morgan fingerprint density at radius 1 is 0.871 bits per heavy atom. The predicted molar refractivity (Wildman–Crippen MR) is 94.2 cm³/mol. The Kier molecular flexibility index (Phi) is 4.92. The van der Waals surface area contributed by atoms with Crippen LogP contribution in [0.15, 0.2) is 60.8 Å². The van der Waals surface area contributed by atoms with Crippen LogP contribution >= 0.6 is 0 Å². The number of nitrogens with zero attached hydrogens (tertiary/aromatic N) is 1. The molecular formula is C21H12F7NO2. The monoisotopic (exact) mass is 443 g/mol. The maximum Gasteiger partial charge on any atom is 0.573 e. The summed E-state index contributed by atoms with van der Waals surface area (Å²) < 4.78 is 103. The number of hydrogen-bond acceptors (Lipinski definition) is 3. The first kappa shape index (κ1) is 21.1. The zero-order chi connectivity index (χ0) is 22.4. The molecular weight excluding hydrogens is 431 g/mol. The fourth-order valence-electron chi connectivity index (χ4n) is 3.20. The molecule has 0 radical (unpaired) electrons. The van der Waals surface area contributed by atoms with Crippen LogP contribution in [-0.4, -0.2) is 18.0 Å². The largest absolute Gasteiger partial charge is 0.573 e. The molecule has 1 aliphatic heterocycles. The maximum absolute atomic E-state index is 15.1. The molecule has 3 nitrogen and oxygen atoms in total. The first-order chi connectivity index (χ1) is 14.5. The van der Waals surface area contributed by atoms with Crippen molar-refractivity contribution in [2.24, 2.45) is 0 Å². The third-order valence-electron chi connectivity index (χ3n) is 4.81. The number of pyridine rings is 1. The summed E-state index contributed by atoms with van der Waals surface area (Å²) in [4.78, 5) is 3.75. The number of benzene rings is 2. The van der Waals surface area contributed by atoms with Crippen LogP contribution in [-0.2, 0) is 16.3 Å². The Hall–Kier alpha value is -3.14. The molecule has 1 saturated heterocycles. The Bertz CT molecular complexity index is 1090. The van der Waals surface area contributed by atoms with Crippen molar-refractivity contribution in [3.63, 3.8) is 0 Å². The van der Waals surface area contributed by atoms with Gasteiger partial charge in [0.2, 0.25) is 0 Å². The van der Waals surface area contributed by atoms with Gasteiger partial charge >= 0.3 is 12.3 Å². The van der Waals surface area contributed by atoms with E-state index < -0.39 is 53.1 Å². The minimum atomic E-state index is -4.83. The van der Waals surface area contributed by atoms with Crippen molar-refractivity contribution < 1.29 is 40.2 Å². The minimum absolute atomic E-state index is 0.358. The van der Waals surface area contributed by atoms with E-state index in [9.17, 15) is 22.0 Å². The van der Waals surface area contributed by atoms with E-state index in [2.05, 4.69) is 9.72 Å². The molecule has 0 aliphatic carbocycles. The zero-order valence-corrected chi connectivity index (χ0v) is 15.4. The summed E-state index contributed by atoms with van der Waals surface area (Å²) in [6, 6.07) is 9.37. The van der Waals surface area contributed by atoms with Crippen molar-refractivity contribution in [1.82, 2.24) is 4.98 Å². The van der Waals surface area contributed by atoms with Crippen LogP contribution < -0.4 is 4.74 Å². The van der Waals surface area contributed by atoms with E-state index in [0.29, 0.717) is 17.2 Å². The second kappa shape index (κ2) is 7.23. The number of hydrogen-bond donors (Lipinski definition) is 0. The standard InChI is InChI=1S/C21H12F7NO2/c22-14-4-7-16(17(23)9-14)19(11-30-19)20(24,25)18-8-3-13(10-29-18)12-1-5-15(6-2-12)31-21(26,27)28/h1-10H,11H2. The zero-order valence-electron chi connectivity index (χ0n) is 15.4. The molecule has 2 aromatic carbocycles. The highest BCUT2D eigenvalue weighted by molar-refractivity contribution is 5.63. The van der Waals surface area contributed by atoms with E-state index in [0.717, 1.165) is 36.5 Å². The Balaban J connectivity index is 1.59. The lowest BCUT2D eigenvalue weighted by Crippen LogP contribution is -2.34. The highest BCUT2D eigenvalue weighted by atomic mass is 19.4.